The largest absolute Gasteiger partial charge is 0.398 e. The first-order chi connectivity index (χ1) is 8.43. The van der Waals surface area contributed by atoms with Crippen molar-refractivity contribution in [3.05, 3.63) is 35.9 Å². The molecule has 2 aromatic carbocycles. The van der Waals surface area contributed by atoms with Crippen LogP contribution in [0.25, 0.3) is 10.8 Å². The molecule has 0 unspecified atom stereocenters. The highest BCUT2D eigenvalue weighted by Gasteiger charge is 2.12. The van der Waals surface area contributed by atoms with Gasteiger partial charge in [-0.15, -0.1) is 0 Å². The van der Waals surface area contributed by atoms with E-state index in [1.54, 1.807) is 6.07 Å². The van der Waals surface area contributed by atoms with E-state index in [0.717, 1.165) is 10.9 Å². The highest BCUT2D eigenvalue weighted by atomic mass is 32.2. The molecule has 0 fully saturated rings. The third-order valence-corrected chi connectivity index (χ3v) is 3.69. The predicted octanol–water partition coefficient (Wildman–Crippen LogP) is 1.17. The van der Waals surface area contributed by atoms with Gasteiger partial charge < -0.3 is 11.5 Å². The molecule has 0 saturated carbocycles. The summed E-state index contributed by atoms with van der Waals surface area (Å²) in [7, 11) is -4.22. The Kier molecular flexibility index (Phi) is 3.25. The zero-order valence-electron chi connectivity index (χ0n) is 9.63. The first-order valence-electron chi connectivity index (χ1n) is 5.42. The molecule has 18 heavy (non-hydrogen) atoms. The number of anilines is 1. The summed E-state index contributed by atoms with van der Waals surface area (Å²) < 4.78 is 31.2. The van der Waals surface area contributed by atoms with Crippen LogP contribution < -0.4 is 11.5 Å². The molecular formula is C12H14N2O3S. The second kappa shape index (κ2) is 4.56. The zero-order valence-corrected chi connectivity index (χ0v) is 10.4. The second-order valence-electron chi connectivity index (χ2n) is 4.04. The quantitative estimate of drug-likeness (QED) is 0.571. The minimum absolute atomic E-state index is 0.161. The number of nitrogen functional groups attached to an aromatic ring is 1. The van der Waals surface area contributed by atoms with Crippen molar-refractivity contribution >= 4 is 26.6 Å². The van der Waals surface area contributed by atoms with E-state index >= 15 is 0 Å². The Bertz CT molecular complexity index is 696. The van der Waals surface area contributed by atoms with Gasteiger partial charge in [-0.25, -0.2) is 0 Å². The summed E-state index contributed by atoms with van der Waals surface area (Å²) in [6.45, 7) is 0.466. The molecule has 0 aliphatic heterocycles. The van der Waals surface area contributed by atoms with Gasteiger partial charge >= 0.3 is 0 Å². The first kappa shape index (κ1) is 12.8. The van der Waals surface area contributed by atoms with Crippen LogP contribution in [-0.4, -0.2) is 19.5 Å². The molecule has 0 amide bonds. The molecule has 2 rings (SSSR count). The monoisotopic (exact) mass is 266 g/mol. The van der Waals surface area contributed by atoms with E-state index in [-0.39, 0.29) is 4.90 Å². The molecule has 0 spiro atoms. The lowest BCUT2D eigenvalue weighted by molar-refractivity contribution is 0.483. The van der Waals surface area contributed by atoms with Crippen LogP contribution in [0, 0.1) is 0 Å². The van der Waals surface area contributed by atoms with E-state index in [0.29, 0.717) is 24.0 Å². The van der Waals surface area contributed by atoms with Gasteiger partial charge in [0.05, 0.1) is 4.90 Å². The zero-order chi connectivity index (χ0) is 13.3. The minimum Gasteiger partial charge on any atom is -0.398 e. The molecule has 0 saturated heterocycles. The van der Waals surface area contributed by atoms with Crippen molar-refractivity contribution < 1.29 is 13.0 Å². The van der Waals surface area contributed by atoms with E-state index in [1.165, 1.54) is 12.1 Å². The third kappa shape index (κ3) is 2.31. The second-order valence-corrected chi connectivity index (χ2v) is 5.46. The van der Waals surface area contributed by atoms with Crippen LogP contribution in [0.1, 0.15) is 5.56 Å². The number of rotatable bonds is 3. The van der Waals surface area contributed by atoms with Crippen molar-refractivity contribution in [1.82, 2.24) is 0 Å². The summed E-state index contributed by atoms with van der Waals surface area (Å²) in [5, 5.41) is 1.43. The SMILES string of the molecule is NCCc1ccc2ccc(S(=O)(=O)O)cc2c1N. The molecule has 5 nitrogen and oxygen atoms in total. The van der Waals surface area contributed by atoms with Crippen molar-refractivity contribution in [2.45, 2.75) is 11.3 Å². The Morgan fingerprint density at radius 3 is 2.44 bits per heavy atom. The van der Waals surface area contributed by atoms with E-state index in [1.807, 2.05) is 12.1 Å². The maximum absolute atomic E-state index is 11.1. The van der Waals surface area contributed by atoms with Crippen LogP contribution in [0.2, 0.25) is 0 Å². The standard InChI is InChI=1S/C12H14N2O3S/c13-6-5-9-2-1-8-3-4-10(18(15,16)17)7-11(8)12(9)14/h1-4,7H,5-6,13-14H2,(H,15,16,17). The summed E-state index contributed by atoms with van der Waals surface area (Å²) in [6.07, 6.45) is 0.623. The van der Waals surface area contributed by atoms with E-state index in [4.69, 9.17) is 16.0 Å². The van der Waals surface area contributed by atoms with Crippen molar-refractivity contribution in [2.75, 3.05) is 12.3 Å². The van der Waals surface area contributed by atoms with Crippen LogP contribution in [0.3, 0.4) is 0 Å². The first-order valence-corrected chi connectivity index (χ1v) is 6.86. The molecule has 0 aliphatic carbocycles. The Morgan fingerprint density at radius 2 is 1.83 bits per heavy atom. The van der Waals surface area contributed by atoms with Crippen LogP contribution in [-0.2, 0) is 16.5 Å². The Labute approximate surface area is 105 Å². The average Bonchev–Trinajstić information content (AvgIpc) is 2.31. The van der Waals surface area contributed by atoms with Gasteiger partial charge in [-0.3, -0.25) is 4.55 Å². The summed E-state index contributed by atoms with van der Waals surface area (Å²) in [5.41, 5.74) is 12.8. The van der Waals surface area contributed by atoms with Gasteiger partial charge in [-0.05, 0) is 36.0 Å². The van der Waals surface area contributed by atoms with Crippen LogP contribution in [0.4, 0.5) is 5.69 Å². The van der Waals surface area contributed by atoms with E-state index in [2.05, 4.69) is 0 Å². The fraction of sp³-hybridized carbons (Fsp3) is 0.167. The van der Waals surface area contributed by atoms with E-state index < -0.39 is 10.1 Å². The van der Waals surface area contributed by atoms with Gasteiger partial charge in [0.2, 0.25) is 0 Å². The lowest BCUT2D eigenvalue weighted by Crippen LogP contribution is -2.06. The molecule has 0 radical (unpaired) electrons. The maximum Gasteiger partial charge on any atom is 0.294 e. The Morgan fingerprint density at radius 1 is 1.17 bits per heavy atom. The van der Waals surface area contributed by atoms with Crippen molar-refractivity contribution in [3.8, 4) is 0 Å². The normalized spacial score (nSPS) is 11.9. The predicted molar refractivity (Wildman–Crippen MR) is 70.9 cm³/mol. The molecule has 0 aromatic heterocycles. The smallest absolute Gasteiger partial charge is 0.294 e. The Balaban J connectivity index is 2.70. The van der Waals surface area contributed by atoms with Gasteiger partial charge in [0.1, 0.15) is 0 Å². The number of fused-ring (bicyclic) bond motifs is 1. The highest BCUT2D eigenvalue weighted by Crippen LogP contribution is 2.27. The van der Waals surface area contributed by atoms with Crippen molar-refractivity contribution in [2.24, 2.45) is 5.73 Å². The van der Waals surface area contributed by atoms with Crippen LogP contribution >= 0.6 is 0 Å². The molecule has 2 aromatic rings. The lowest BCUT2D eigenvalue weighted by Gasteiger charge is -2.09. The van der Waals surface area contributed by atoms with Gasteiger partial charge in [0.25, 0.3) is 10.1 Å². The fourth-order valence-electron chi connectivity index (χ4n) is 1.90. The topological polar surface area (TPSA) is 106 Å². The van der Waals surface area contributed by atoms with Gasteiger partial charge in [0, 0.05) is 11.1 Å². The maximum atomic E-state index is 11.1. The summed E-state index contributed by atoms with van der Waals surface area (Å²) in [5.74, 6) is 0. The number of hydrogen-bond acceptors (Lipinski definition) is 4. The summed E-state index contributed by atoms with van der Waals surface area (Å²) in [6, 6.07) is 8.06. The van der Waals surface area contributed by atoms with Crippen LogP contribution in [0.5, 0.6) is 0 Å². The average molecular weight is 266 g/mol. The molecule has 96 valence electrons. The molecular weight excluding hydrogens is 252 g/mol. The van der Waals surface area contributed by atoms with E-state index in [9.17, 15) is 8.42 Å². The summed E-state index contributed by atoms with van der Waals surface area (Å²) in [4.78, 5) is -0.161. The fourth-order valence-corrected chi connectivity index (χ4v) is 2.41. The minimum atomic E-state index is -4.22. The van der Waals surface area contributed by atoms with Crippen molar-refractivity contribution in [3.63, 3.8) is 0 Å². The van der Waals surface area contributed by atoms with Gasteiger partial charge in [0.15, 0.2) is 0 Å². The van der Waals surface area contributed by atoms with Gasteiger partial charge in [-0.2, -0.15) is 8.42 Å². The van der Waals surface area contributed by atoms with Crippen molar-refractivity contribution in [1.29, 1.82) is 0 Å². The molecule has 5 N–H and O–H groups in total. The van der Waals surface area contributed by atoms with Gasteiger partial charge in [-0.1, -0.05) is 18.2 Å². The summed E-state index contributed by atoms with van der Waals surface area (Å²) >= 11 is 0. The molecule has 0 bridgehead atoms. The molecule has 0 aliphatic rings. The number of nitrogens with two attached hydrogens (primary N) is 2. The highest BCUT2D eigenvalue weighted by molar-refractivity contribution is 7.85. The molecule has 6 heteroatoms. The molecule has 0 atom stereocenters. The Hall–Kier alpha value is -1.63. The van der Waals surface area contributed by atoms with Crippen LogP contribution in [0.15, 0.2) is 35.2 Å². The number of benzene rings is 2. The number of hydrogen-bond donors (Lipinski definition) is 3. The third-order valence-electron chi connectivity index (χ3n) is 2.84. The lowest BCUT2D eigenvalue weighted by atomic mass is 10.0. The molecule has 0 heterocycles.